The van der Waals surface area contributed by atoms with Crippen molar-refractivity contribution in [2.24, 2.45) is 0 Å². The summed E-state index contributed by atoms with van der Waals surface area (Å²) in [5.41, 5.74) is 7.14. The molecule has 5 rings (SSSR count). The molecule has 2 heterocycles. The van der Waals surface area contributed by atoms with Crippen molar-refractivity contribution in [1.29, 1.82) is 0 Å². The van der Waals surface area contributed by atoms with Crippen LogP contribution in [0.15, 0.2) is 57.8 Å². The van der Waals surface area contributed by atoms with Gasteiger partial charge in [-0.25, -0.2) is 0 Å². The molecule has 3 aliphatic carbocycles. The summed E-state index contributed by atoms with van der Waals surface area (Å²) in [6, 6.07) is 0.338. The molecule has 0 amide bonds. The summed E-state index contributed by atoms with van der Waals surface area (Å²) in [6.07, 6.45) is 23.2. The number of nitrogens with zero attached hydrogens (tertiary/aromatic N) is 1. The summed E-state index contributed by atoms with van der Waals surface area (Å²) >= 11 is 0. The molecule has 0 spiro atoms. The molecule has 26 heavy (non-hydrogen) atoms. The quantitative estimate of drug-likeness (QED) is 0.608. The van der Waals surface area contributed by atoms with Crippen LogP contribution in [-0.2, 0) is 12.8 Å². The largest absolute Gasteiger partial charge is 0.464 e. The summed E-state index contributed by atoms with van der Waals surface area (Å²) in [5, 5.41) is 0. The predicted octanol–water partition coefficient (Wildman–Crippen LogP) is 6.04. The number of rotatable bonds is 2. The molecule has 0 aromatic carbocycles. The molecule has 0 radical (unpaired) electrons. The first kappa shape index (κ1) is 16.0. The van der Waals surface area contributed by atoms with Crippen molar-refractivity contribution in [1.82, 2.24) is 4.90 Å². The minimum absolute atomic E-state index is 0.338. The van der Waals surface area contributed by atoms with Gasteiger partial charge in [-0.15, -0.1) is 0 Å². The van der Waals surface area contributed by atoms with E-state index in [0.29, 0.717) is 12.0 Å². The summed E-state index contributed by atoms with van der Waals surface area (Å²) in [6.45, 7) is 4.24. The molecule has 2 atom stereocenters. The van der Waals surface area contributed by atoms with Crippen LogP contribution < -0.4 is 0 Å². The van der Waals surface area contributed by atoms with Crippen molar-refractivity contribution in [2.45, 2.75) is 64.3 Å². The zero-order valence-corrected chi connectivity index (χ0v) is 15.8. The second-order valence-electron chi connectivity index (χ2n) is 7.74. The van der Waals surface area contributed by atoms with E-state index in [0.717, 1.165) is 19.3 Å². The third kappa shape index (κ3) is 2.17. The zero-order chi connectivity index (χ0) is 17.7. The van der Waals surface area contributed by atoms with Crippen molar-refractivity contribution < 1.29 is 4.42 Å². The Morgan fingerprint density at radius 2 is 2.04 bits per heavy atom. The molecule has 1 aromatic rings. The highest BCUT2D eigenvalue weighted by Gasteiger charge is 2.45. The first-order chi connectivity index (χ1) is 12.8. The van der Waals surface area contributed by atoms with Crippen LogP contribution in [0.2, 0.25) is 0 Å². The van der Waals surface area contributed by atoms with Crippen molar-refractivity contribution in [2.75, 3.05) is 0 Å². The lowest BCUT2D eigenvalue weighted by atomic mass is 9.82. The van der Waals surface area contributed by atoms with E-state index in [2.05, 4.69) is 61.3 Å². The smallest absolute Gasteiger partial charge is 0.121 e. The normalized spacial score (nSPS) is 27.0. The van der Waals surface area contributed by atoms with Gasteiger partial charge in [0, 0.05) is 28.9 Å². The monoisotopic (exact) mass is 345 g/mol. The van der Waals surface area contributed by atoms with Gasteiger partial charge in [-0.3, -0.25) is 0 Å². The van der Waals surface area contributed by atoms with Crippen LogP contribution in [0, 0.1) is 0 Å². The van der Waals surface area contributed by atoms with Crippen molar-refractivity contribution in [3.05, 3.63) is 76.1 Å². The van der Waals surface area contributed by atoms with Gasteiger partial charge in [0.05, 0.1) is 12.0 Å². The topological polar surface area (TPSA) is 16.4 Å². The van der Waals surface area contributed by atoms with E-state index in [1.807, 2.05) is 0 Å². The SMILES string of the molecule is C/C=C\C(=C/C)N1C2=C(C=CCC2)C2c3oc4c(c3C=C[C@@H]21)CCCC4. The van der Waals surface area contributed by atoms with E-state index >= 15 is 0 Å². The lowest BCUT2D eigenvalue weighted by Gasteiger charge is -2.32. The van der Waals surface area contributed by atoms with Crippen LogP contribution in [0.4, 0.5) is 0 Å². The fourth-order valence-electron chi connectivity index (χ4n) is 5.25. The van der Waals surface area contributed by atoms with Gasteiger partial charge in [-0.2, -0.15) is 0 Å². The fourth-order valence-corrected chi connectivity index (χ4v) is 5.25. The number of hydrogen-bond donors (Lipinski definition) is 0. The maximum Gasteiger partial charge on any atom is 0.121 e. The molecule has 0 fully saturated rings. The van der Waals surface area contributed by atoms with E-state index in [1.165, 1.54) is 58.9 Å². The van der Waals surface area contributed by atoms with Gasteiger partial charge in [0.15, 0.2) is 0 Å². The van der Waals surface area contributed by atoms with Crippen LogP contribution in [0.5, 0.6) is 0 Å². The fraction of sp³-hybridized carbons (Fsp3) is 0.417. The van der Waals surface area contributed by atoms with Crippen LogP contribution in [0.25, 0.3) is 6.08 Å². The Morgan fingerprint density at radius 3 is 2.88 bits per heavy atom. The van der Waals surface area contributed by atoms with Crippen molar-refractivity contribution >= 4 is 6.08 Å². The van der Waals surface area contributed by atoms with Gasteiger partial charge in [0.1, 0.15) is 11.5 Å². The van der Waals surface area contributed by atoms with E-state index < -0.39 is 0 Å². The van der Waals surface area contributed by atoms with Crippen molar-refractivity contribution in [3.63, 3.8) is 0 Å². The number of hydrogen-bond acceptors (Lipinski definition) is 2. The Kier molecular flexibility index (Phi) is 3.81. The number of allylic oxidation sites excluding steroid dienone is 6. The van der Waals surface area contributed by atoms with Gasteiger partial charge in [-0.05, 0) is 57.6 Å². The lowest BCUT2D eigenvalue weighted by Crippen LogP contribution is -2.32. The van der Waals surface area contributed by atoms with E-state index in [-0.39, 0.29) is 0 Å². The van der Waals surface area contributed by atoms with Gasteiger partial charge >= 0.3 is 0 Å². The number of fused-ring (bicyclic) bond motifs is 6. The Morgan fingerprint density at radius 1 is 1.15 bits per heavy atom. The molecule has 1 aliphatic heterocycles. The molecule has 0 N–H and O–H groups in total. The minimum Gasteiger partial charge on any atom is -0.464 e. The highest BCUT2D eigenvalue weighted by Crippen LogP contribution is 2.52. The average Bonchev–Trinajstić information content (AvgIpc) is 3.22. The number of furan rings is 1. The van der Waals surface area contributed by atoms with Crippen molar-refractivity contribution in [3.8, 4) is 0 Å². The Labute approximate surface area is 156 Å². The Hall–Kier alpha value is -2.22. The van der Waals surface area contributed by atoms with Gasteiger partial charge in [-0.1, -0.05) is 36.5 Å². The first-order valence-corrected chi connectivity index (χ1v) is 10.1. The molecule has 2 heteroatoms. The molecule has 2 nitrogen and oxygen atoms in total. The van der Waals surface area contributed by atoms with Gasteiger partial charge < -0.3 is 9.32 Å². The molecular formula is C24H27NO. The maximum atomic E-state index is 6.53. The van der Waals surface area contributed by atoms with E-state index in [1.54, 1.807) is 0 Å². The molecule has 0 bridgehead atoms. The summed E-state index contributed by atoms with van der Waals surface area (Å²) < 4.78 is 6.53. The highest BCUT2D eigenvalue weighted by molar-refractivity contribution is 5.66. The molecule has 0 saturated heterocycles. The number of aryl methyl sites for hydroxylation is 1. The predicted molar refractivity (Wildman–Crippen MR) is 107 cm³/mol. The van der Waals surface area contributed by atoms with Crippen LogP contribution >= 0.6 is 0 Å². The highest BCUT2D eigenvalue weighted by atomic mass is 16.3. The lowest BCUT2D eigenvalue weighted by molar-refractivity contribution is 0.343. The Balaban J connectivity index is 1.67. The zero-order valence-electron chi connectivity index (χ0n) is 15.8. The van der Waals surface area contributed by atoms with E-state index in [9.17, 15) is 0 Å². The standard InChI is InChI=1S/C24H27NO/c1-3-9-16(4-2)25-20-12-7-5-11-19(20)23-21(25)15-14-18-17-10-6-8-13-22(17)26-24(18)23/h3-5,9,11,14-15,21,23H,6-8,10,12-13H2,1-2H3/b9-3-,16-4+/t21-,23?/m0/s1. The summed E-state index contributed by atoms with van der Waals surface area (Å²) in [5.74, 6) is 2.82. The molecule has 4 aliphatic rings. The molecule has 0 saturated carbocycles. The molecule has 1 unspecified atom stereocenters. The summed E-state index contributed by atoms with van der Waals surface area (Å²) in [7, 11) is 0. The second-order valence-corrected chi connectivity index (χ2v) is 7.74. The maximum absolute atomic E-state index is 6.53. The average molecular weight is 345 g/mol. The van der Waals surface area contributed by atoms with Crippen LogP contribution in [0.3, 0.4) is 0 Å². The third-order valence-electron chi connectivity index (χ3n) is 6.34. The molecule has 1 aromatic heterocycles. The minimum atomic E-state index is 0.338. The second kappa shape index (κ2) is 6.19. The van der Waals surface area contributed by atoms with Gasteiger partial charge in [0.2, 0.25) is 0 Å². The molecule has 134 valence electrons. The third-order valence-corrected chi connectivity index (χ3v) is 6.34. The molecular weight excluding hydrogens is 318 g/mol. The first-order valence-electron chi connectivity index (χ1n) is 10.1. The summed E-state index contributed by atoms with van der Waals surface area (Å²) in [4.78, 5) is 2.56. The van der Waals surface area contributed by atoms with Gasteiger partial charge in [0.25, 0.3) is 0 Å². The Bertz CT molecular complexity index is 890. The van der Waals surface area contributed by atoms with Crippen LogP contribution in [-0.4, -0.2) is 10.9 Å². The van der Waals surface area contributed by atoms with E-state index in [4.69, 9.17) is 4.42 Å². The van der Waals surface area contributed by atoms with Crippen LogP contribution in [0.1, 0.15) is 68.1 Å².